The first-order chi connectivity index (χ1) is 16.8. The Morgan fingerprint density at radius 3 is 2.40 bits per heavy atom. The lowest BCUT2D eigenvalue weighted by Crippen LogP contribution is -2.16. The Kier molecular flexibility index (Phi) is 6.75. The largest absolute Gasteiger partial charge is 0.397 e. The number of non-ortho nitro benzene ring substituents is 1. The highest BCUT2D eigenvalue weighted by Gasteiger charge is 2.25. The number of primary amides is 1. The summed E-state index contributed by atoms with van der Waals surface area (Å²) < 4.78 is 0. The number of nitro benzene ring substituents is 1. The van der Waals surface area contributed by atoms with Crippen LogP contribution in [0.5, 0.6) is 0 Å². The van der Waals surface area contributed by atoms with Crippen LogP contribution in [0.2, 0.25) is 0 Å². The molecule has 2 aromatic heterocycles. The number of para-hydroxylation sites is 1. The minimum absolute atomic E-state index is 0.0285. The van der Waals surface area contributed by atoms with Gasteiger partial charge in [-0.15, -0.1) is 21.6 Å². The van der Waals surface area contributed by atoms with E-state index >= 15 is 0 Å². The van der Waals surface area contributed by atoms with Crippen molar-refractivity contribution in [3.8, 4) is 0 Å². The van der Waals surface area contributed by atoms with Crippen molar-refractivity contribution in [3.05, 3.63) is 81.3 Å². The summed E-state index contributed by atoms with van der Waals surface area (Å²) in [6, 6.07) is 14.6. The number of nitro groups is 1. The fraction of sp³-hybridized carbons (Fsp3) is 0. The smallest absolute Gasteiger partial charge is 0.269 e. The molecule has 0 aliphatic heterocycles. The van der Waals surface area contributed by atoms with E-state index in [9.17, 15) is 19.7 Å². The second-order valence-corrected chi connectivity index (χ2v) is 8.87. The van der Waals surface area contributed by atoms with Crippen LogP contribution in [0, 0.1) is 10.1 Å². The molecule has 176 valence electrons. The Bertz CT molecular complexity index is 1430. The molecule has 0 saturated carbocycles. The summed E-state index contributed by atoms with van der Waals surface area (Å²) in [6.45, 7) is 0. The molecule has 2 heterocycles. The Balaban J connectivity index is 1.49. The predicted octanol–water partition coefficient (Wildman–Crippen LogP) is 5.21. The number of hydrogen-bond donors (Lipinski definition) is 4. The van der Waals surface area contributed by atoms with Gasteiger partial charge in [-0.05, 0) is 24.3 Å². The minimum Gasteiger partial charge on any atom is -0.397 e. The highest BCUT2D eigenvalue weighted by molar-refractivity contribution is 7.20. The second-order valence-electron chi connectivity index (χ2n) is 6.84. The van der Waals surface area contributed by atoms with Crippen molar-refractivity contribution < 1.29 is 14.5 Å². The molecule has 0 spiro atoms. The molecule has 0 saturated heterocycles. The van der Waals surface area contributed by atoms with Crippen LogP contribution in [0.3, 0.4) is 0 Å². The van der Waals surface area contributed by atoms with Crippen LogP contribution in [-0.4, -0.2) is 21.7 Å². The van der Waals surface area contributed by atoms with Gasteiger partial charge in [0.05, 0.1) is 28.1 Å². The van der Waals surface area contributed by atoms with E-state index in [1.165, 1.54) is 30.5 Å². The topological polar surface area (TPSA) is 191 Å². The Morgan fingerprint density at radius 2 is 1.74 bits per heavy atom. The molecule has 0 aliphatic carbocycles. The molecule has 0 aliphatic rings. The van der Waals surface area contributed by atoms with Crippen LogP contribution < -0.4 is 22.1 Å². The molecule has 0 bridgehead atoms. The number of carbonyl (C=O) groups is 2. The number of nitrogens with two attached hydrogens (primary N) is 2. The number of aromatic nitrogens is 1. The van der Waals surface area contributed by atoms with Crippen molar-refractivity contribution in [1.29, 1.82) is 0 Å². The van der Waals surface area contributed by atoms with Crippen molar-refractivity contribution in [2.75, 3.05) is 16.4 Å². The first-order valence-corrected chi connectivity index (χ1v) is 11.4. The van der Waals surface area contributed by atoms with Crippen molar-refractivity contribution in [1.82, 2.24) is 4.98 Å². The van der Waals surface area contributed by atoms with Gasteiger partial charge in [0.15, 0.2) is 10.1 Å². The van der Waals surface area contributed by atoms with E-state index in [-0.39, 0.29) is 26.9 Å². The average molecular weight is 509 g/mol. The van der Waals surface area contributed by atoms with Gasteiger partial charge in [-0.3, -0.25) is 25.0 Å². The van der Waals surface area contributed by atoms with Crippen LogP contribution in [0.25, 0.3) is 0 Å². The van der Waals surface area contributed by atoms with E-state index in [1.807, 2.05) is 18.2 Å². The third kappa shape index (κ3) is 5.45. The Hall–Kier alpha value is -4.69. The first kappa shape index (κ1) is 23.5. The number of nitrogens with zero attached hydrogens (tertiary/aromatic N) is 4. The average Bonchev–Trinajstić information content (AvgIpc) is 3.42. The SMILES string of the molecule is NC(=O)c1c(Nc2ccccc2)sc(C(=O)Nc2ncc(N=Nc3ccc([N+](=O)[O-])cc3)s2)c1N. The van der Waals surface area contributed by atoms with E-state index in [0.717, 1.165) is 22.7 Å². The van der Waals surface area contributed by atoms with Gasteiger partial charge in [-0.1, -0.05) is 29.5 Å². The summed E-state index contributed by atoms with van der Waals surface area (Å²) in [5.74, 6) is -1.33. The minimum atomic E-state index is -0.764. The van der Waals surface area contributed by atoms with Gasteiger partial charge in [-0.25, -0.2) is 4.98 Å². The number of nitrogen functional groups attached to an aromatic ring is 1. The van der Waals surface area contributed by atoms with E-state index in [2.05, 4.69) is 25.8 Å². The monoisotopic (exact) mass is 508 g/mol. The number of nitrogens with one attached hydrogen (secondary N) is 2. The molecule has 2 amide bonds. The van der Waals surface area contributed by atoms with Gasteiger partial charge < -0.3 is 16.8 Å². The number of anilines is 4. The zero-order valence-corrected chi connectivity index (χ0v) is 19.3. The molecule has 4 rings (SSSR count). The van der Waals surface area contributed by atoms with Crippen LogP contribution in [-0.2, 0) is 0 Å². The predicted molar refractivity (Wildman–Crippen MR) is 134 cm³/mol. The van der Waals surface area contributed by atoms with E-state index in [4.69, 9.17) is 11.5 Å². The summed E-state index contributed by atoms with van der Waals surface area (Å²) in [6.07, 6.45) is 1.41. The summed E-state index contributed by atoms with van der Waals surface area (Å²) >= 11 is 2.05. The highest BCUT2D eigenvalue weighted by atomic mass is 32.1. The Labute approximate surface area is 205 Å². The summed E-state index contributed by atoms with van der Waals surface area (Å²) in [5, 5.41) is 25.4. The van der Waals surface area contributed by atoms with Crippen LogP contribution in [0.15, 0.2) is 71.0 Å². The number of rotatable bonds is 8. The van der Waals surface area contributed by atoms with Gasteiger partial charge in [0.25, 0.3) is 17.5 Å². The highest BCUT2D eigenvalue weighted by Crippen LogP contribution is 2.38. The maximum Gasteiger partial charge on any atom is 0.269 e. The third-order valence-electron chi connectivity index (χ3n) is 4.47. The number of thiophene rings is 1. The van der Waals surface area contributed by atoms with E-state index < -0.39 is 16.7 Å². The number of carbonyl (C=O) groups excluding carboxylic acids is 2. The quantitative estimate of drug-likeness (QED) is 0.143. The molecule has 0 unspecified atom stereocenters. The maximum atomic E-state index is 12.8. The molecule has 12 nitrogen and oxygen atoms in total. The standard InChI is InChI=1S/C21H16N8O4S2/c22-16-15(18(23)30)20(25-11-4-2-1-3-5-11)35-17(16)19(31)26-21-24-10-14(34-21)28-27-12-6-8-13(9-7-12)29(32)33/h1-10,25H,22H2,(H2,23,30)(H,24,26,31). The number of thiazole rings is 1. The molecule has 0 radical (unpaired) electrons. The molecule has 14 heteroatoms. The van der Waals surface area contributed by atoms with Crippen LogP contribution in [0.4, 0.5) is 37.9 Å². The van der Waals surface area contributed by atoms with Crippen molar-refractivity contribution in [2.45, 2.75) is 0 Å². The summed E-state index contributed by atoms with van der Waals surface area (Å²) in [4.78, 5) is 39.2. The molecule has 0 fully saturated rings. The third-order valence-corrected chi connectivity index (χ3v) is 6.38. The lowest BCUT2D eigenvalue weighted by Gasteiger charge is -2.05. The number of amides is 2. The van der Waals surface area contributed by atoms with Gasteiger partial charge in [0.1, 0.15) is 9.88 Å². The zero-order valence-electron chi connectivity index (χ0n) is 17.7. The van der Waals surface area contributed by atoms with Crippen LogP contribution >= 0.6 is 22.7 Å². The fourth-order valence-corrected chi connectivity index (χ4v) is 4.54. The lowest BCUT2D eigenvalue weighted by atomic mass is 10.2. The van der Waals surface area contributed by atoms with Gasteiger partial charge >= 0.3 is 0 Å². The molecule has 2 aromatic carbocycles. The van der Waals surface area contributed by atoms with Gasteiger partial charge in [0, 0.05) is 17.8 Å². The van der Waals surface area contributed by atoms with Crippen molar-refractivity contribution in [3.63, 3.8) is 0 Å². The van der Waals surface area contributed by atoms with Crippen molar-refractivity contribution >= 4 is 72.4 Å². The second kappa shape index (κ2) is 10.1. The lowest BCUT2D eigenvalue weighted by molar-refractivity contribution is -0.384. The molecule has 0 atom stereocenters. The summed E-state index contributed by atoms with van der Waals surface area (Å²) in [7, 11) is 0. The maximum absolute atomic E-state index is 12.8. The van der Waals surface area contributed by atoms with Gasteiger partial charge in [0.2, 0.25) is 0 Å². The number of hydrogen-bond acceptors (Lipinski definition) is 11. The fourth-order valence-electron chi connectivity index (χ4n) is 2.87. The normalized spacial score (nSPS) is 10.9. The van der Waals surface area contributed by atoms with E-state index in [1.54, 1.807) is 12.1 Å². The first-order valence-electron chi connectivity index (χ1n) is 9.79. The van der Waals surface area contributed by atoms with Crippen molar-refractivity contribution in [2.24, 2.45) is 16.0 Å². The van der Waals surface area contributed by atoms with Crippen LogP contribution in [0.1, 0.15) is 20.0 Å². The van der Waals surface area contributed by atoms with Gasteiger partial charge in [-0.2, -0.15) is 0 Å². The Morgan fingerprint density at radius 1 is 1.03 bits per heavy atom. The zero-order chi connectivity index (χ0) is 24.9. The summed E-state index contributed by atoms with van der Waals surface area (Å²) in [5.41, 5.74) is 12.6. The molecule has 4 aromatic rings. The molecular formula is C21H16N8O4S2. The number of azo groups is 1. The van der Waals surface area contributed by atoms with E-state index in [0.29, 0.717) is 21.4 Å². The molecule has 35 heavy (non-hydrogen) atoms. The molecular weight excluding hydrogens is 492 g/mol. The number of benzene rings is 2. The molecule has 6 N–H and O–H groups in total.